The third kappa shape index (κ3) is 2.17. The van der Waals surface area contributed by atoms with Crippen molar-refractivity contribution in [1.29, 1.82) is 0 Å². The van der Waals surface area contributed by atoms with Crippen molar-refractivity contribution in [2.75, 3.05) is 0 Å². The minimum Gasteiger partial charge on any atom is -0.265 e. The Kier molecular flexibility index (Phi) is 2.89. The Balaban J connectivity index is 2.01. The Morgan fingerprint density at radius 3 is 2.89 bits per heavy atom. The van der Waals surface area contributed by atoms with Gasteiger partial charge in [0.1, 0.15) is 10.3 Å². The van der Waals surface area contributed by atoms with Crippen molar-refractivity contribution in [3.05, 3.63) is 52.7 Å². The van der Waals surface area contributed by atoms with E-state index in [1.165, 1.54) is 0 Å². The summed E-state index contributed by atoms with van der Waals surface area (Å²) in [6, 6.07) is 7.46. The van der Waals surface area contributed by atoms with Crippen LogP contribution in [-0.2, 0) is 6.54 Å². The van der Waals surface area contributed by atoms with E-state index in [0.717, 1.165) is 16.6 Å². The summed E-state index contributed by atoms with van der Waals surface area (Å²) in [4.78, 5) is 8.23. The molecule has 0 aliphatic heterocycles. The van der Waals surface area contributed by atoms with Crippen LogP contribution in [0, 0.1) is 0 Å². The van der Waals surface area contributed by atoms with E-state index in [2.05, 4.69) is 15.1 Å². The van der Waals surface area contributed by atoms with Crippen LogP contribution in [0.1, 0.15) is 5.69 Å². The molecule has 0 saturated carbocycles. The third-order valence-electron chi connectivity index (χ3n) is 2.52. The molecule has 0 spiro atoms. The number of hydrogen-bond donors (Lipinski definition) is 0. The highest BCUT2D eigenvalue weighted by Crippen LogP contribution is 2.23. The SMILES string of the molecule is Clc1cc2nn(Cc3ccccn3)cc2c(Cl)n1. The molecule has 0 bridgehead atoms. The van der Waals surface area contributed by atoms with Gasteiger partial charge in [0.25, 0.3) is 0 Å². The summed E-state index contributed by atoms with van der Waals surface area (Å²) in [5, 5.41) is 5.89. The van der Waals surface area contributed by atoms with E-state index >= 15 is 0 Å². The molecule has 0 atom stereocenters. The summed E-state index contributed by atoms with van der Waals surface area (Å²) in [7, 11) is 0. The van der Waals surface area contributed by atoms with Crippen molar-refractivity contribution in [2.45, 2.75) is 6.54 Å². The van der Waals surface area contributed by atoms with Gasteiger partial charge in [0.2, 0.25) is 0 Å². The van der Waals surface area contributed by atoms with E-state index in [9.17, 15) is 0 Å². The van der Waals surface area contributed by atoms with Crippen LogP contribution in [0.5, 0.6) is 0 Å². The standard InChI is InChI=1S/C12H8Cl2N4/c13-11-5-10-9(12(14)16-11)7-18(17-10)6-8-3-1-2-4-15-8/h1-5,7H,6H2. The zero-order chi connectivity index (χ0) is 12.5. The summed E-state index contributed by atoms with van der Waals surface area (Å²) in [6.45, 7) is 0.587. The summed E-state index contributed by atoms with van der Waals surface area (Å²) in [5.74, 6) is 0. The quantitative estimate of drug-likeness (QED) is 0.677. The predicted octanol–water partition coefficient (Wildman–Crippen LogP) is 3.18. The van der Waals surface area contributed by atoms with Crippen molar-refractivity contribution in [1.82, 2.24) is 19.7 Å². The smallest absolute Gasteiger partial charge is 0.141 e. The van der Waals surface area contributed by atoms with Crippen LogP contribution in [0.2, 0.25) is 10.3 Å². The molecule has 0 aromatic carbocycles. The lowest BCUT2D eigenvalue weighted by Crippen LogP contribution is -2.01. The van der Waals surface area contributed by atoms with Gasteiger partial charge in [-0.2, -0.15) is 5.10 Å². The van der Waals surface area contributed by atoms with Gasteiger partial charge in [0.15, 0.2) is 0 Å². The minimum absolute atomic E-state index is 0.343. The first-order valence-electron chi connectivity index (χ1n) is 5.31. The monoisotopic (exact) mass is 278 g/mol. The predicted molar refractivity (Wildman–Crippen MR) is 70.9 cm³/mol. The average Bonchev–Trinajstić information content (AvgIpc) is 2.73. The molecule has 18 heavy (non-hydrogen) atoms. The molecular weight excluding hydrogens is 271 g/mol. The largest absolute Gasteiger partial charge is 0.265 e. The molecule has 0 aliphatic rings. The lowest BCUT2D eigenvalue weighted by Gasteiger charge is -1.99. The maximum Gasteiger partial charge on any atom is 0.141 e. The number of nitrogens with zero attached hydrogens (tertiary/aromatic N) is 4. The van der Waals surface area contributed by atoms with Gasteiger partial charge in [0.05, 0.1) is 23.1 Å². The molecule has 6 heteroatoms. The molecule has 0 amide bonds. The van der Waals surface area contributed by atoms with Crippen LogP contribution in [0.4, 0.5) is 0 Å². The van der Waals surface area contributed by atoms with Crippen LogP contribution in [0.25, 0.3) is 10.9 Å². The van der Waals surface area contributed by atoms with Crippen LogP contribution < -0.4 is 0 Å². The van der Waals surface area contributed by atoms with Gasteiger partial charge in [-0.05, 0) is 12.1 Å². The summed E-state index contributed by atoms with van der Waals surface area (Å²) >= 11 is 11.9. The number of pyridine rings is 2. The van der Waals surface area contributed by atoms with Crippen molar-refractivity contribution in [3.8, 4) is 0 Å². The van der Waals surface area contributed by atoms with Crippen molar-refractivity contribution in [2.24, 2.45) is 0 Å². The first-order chi connectivity index (χ1) is 8.72. The Labute approximate surface area is 113 Å². The topological polar surface area (TPSA) is 43.6 Å². The Hall–Kier alpha value is -1.65. The Morgan fingerprint density at radius 1 is 1.22 bits per heavy atom. The summed E-state index contributed by atoms with van der Waals surface area (Å²) < 4.78 is 1.77. The molecule has 90 valence electrons. The molecule has 3 aromatic heterocycles. The second kappa shape index (κ2) is 4.55. The second-order valence-corrected chi connectivity index (χ2v) is 4.56. The normalized spacial score (nSPS) is 11.0. The van der Waals surface area contributed by atoms with Crippen LogP contribution in [0.15, 0.2) is 36.7 Å². The van der Waals surface area contributed by atoms with Gasteiger partial charge in [-0.15, -0.1) is 0 Å². The van der Waals surface area contributed by atoms with Gasteiger partial charge >= 0.3 is 0 Å². The van der Waals surface area contributed by atoms with Gasteiger partial charge in [0, 0.05) is 18.5 Å². The van der Waals surface area contributed by atoms with E-state index in [-0.39, 0.29) is 0 Å². The first kappa shape index (κ1) is 11.4. The van der Waals surface area contributed by atoms with E-state index < -0.39 is 0 Å². The molecular formula is C12H8Cl2N4. The maximum absolute atomic E-state index is 6.01. The third-order valence-corrected chi connectivity index (χ3v) is 3.01. The van der Waals surface area contributed by atoms with Crippen molar-refractivity contribution in [3.63, 3.8) is 0 Å². The maximum atomic E-state index is 6.01. The van der Waals surface area contributed by atoms with E-state index in [1.807, 2.05) is 24.4 Å². The van der Waals surface area contributed by atoms with Gasteiger partial charge in [-0.25, -0.2) is 4.98 Å². The van der Waals surface area contributed by atoms with Crippen LogP contribution in [-0.4, -0.2) is 19.7 Å². The Morgan fingerprint density at radius 2 is 2.11 bits per heavy atom. The summed E-state index contributed by atoms with van der Waals surface area (Å²) in [6.07, 6.45) is 3.60. The van der Waals surface area contributed by atoms with E-state index in [4.69, 9.17) is 23.2 Å². The van der Waals surface area contributed by atoms with Crippen LogP contribution in [0.3, 0.4) is 0 Å². The van der Waals surface area contributed by atoms with Crippen molar-refractivity contribution < 1.29 is 0 Å². The molecule has 0 N–H and O–H groups in total. The number of fused-ring (bicyclic) bond motifs is 1. The number of aromatic nitrogens is 4. The second-order valence-electron chi connectivity index (χ2n) is 3.82. The lowest BCUT2D eigenvalue weighted by atomic mass is 10.3. The number of halogens is 2. The number of hydrogen-bond acceptors (Lipinski definition) is 3. The molecule has 4 nitrogen and oxygen atoms in total. The first-order valence-corrected chi connectivity index (χ1v) is 6.07. The fraction of sp³-hybridized carbons (Fsp3) is 0.0833. The fourth-order valence-corrected chi connectivity index (χ4v) is 2.21. The minimum atomic E-state index is 0.343. The molecule has 3 heterocycles. The highest BCUT2D eigenvalue weighted by Gasteiger charge is 2.08. The molecule has 3 aromatic rings. The zero-order valence-electron chi connectivity index (χ0n) is 9.22. The van der Waals surface area contributed by atoms with Crippen LogP contribution >= 0.6 is 23.2 Å². The lowest BCUT2D eigenvalue weighted by molar-refractivity contribution is 0.681. The van der Waals surface area contributed by atoms with E-state index in [1.54, 1.807) is 16.9 Å². The van der Waals surface area contributed by atoms with Crippen molar-refractivity contribution >= 4 is 34.1 Å². The van der Waals surface area contributed by atoms with Gasteiger partial charge in [-0.3, -0.25) is 9.67 Å². The fourth-order valence-electron chi connectivity index (χ4n) is 1.74. The Bertz CT molecular complexity index is 694. The molecule has 0 aliphatic carbocycles. The molecule has 0 fully saturated rings. The summed E-state index contributed by atoms with van der Waals surface area (Å²) in [5.41, 5.74) is 1.66. The number of rotatable bonds is 2. The molecule has 0 radical (unpaired) electrons. The van der Waals surface area contributed by atoms with Gasteiger partial charge in [-0.1, -0.05) is 29.3 Å². The molecule has 3 rings (SSSR count). The molecule has 0 saturated heterocycles. The highest BCUT2D eigenvalue weighted by atomic mass is 35.5. The highest BCUT2D eigenvalue weighted by molar-refractivity contribution is 6.36. The zero-order valence-corrected chi connectivity index (χ0v) is 10.7. The average molecular weight is 279 g/mol. The van der Waals surface area contributed by atoms with E-state index in [0.29, 0.717) is 16.9 Å². The van der Waals surface area contributed by atoms with Gasteiger partial charge < -0.3 is 0 Å². The molecule has 0 unspecified atom stereocenters.